The molecule has 7 heteroatoms. The maximum absolute atomic E-state index is 12.8. The Morgan fingerprint density at radius 1 is 1.33 bits per heavy atom. The predicted octanol–water partition coefficient (Wildman–Crippen LogP) is 2.89. The molecule has 2 heterocycles. The Balaban J connectivity index is 1.78. The van der Waals surface area contributed by atoms with E-state index in [0.717, 1.165) is 21.6 Å². The first-order valence-corrected chi connectivity index (χ1v) is 11.4. The third kappa shape index (κ3) is 4.84. The lowest BCUT2D eigenvalue weighted by Gasteiger charge is -2.30. The molecule has 1 N–H and O–H groups in total. The van der Waals surface area contributed by atoms with Gasteiger partial charge in [-0.05, 0) is 56.0 Å². The predicted molar refractivity (Wildman–Crippen MR) is 119 cm³/mol. The van der Waals surface area contributed by atoms with Crippen LogP contribution in [0.3, 0.4) is 0 Å². The zero-order valence-corrected chi connectivity index (χ0v) is 18.6. The summed E-state index contributed by atoms with van der Waals surface area (Å²) in [5.74, 6) is 0.213. The highest BCUT2D eigenvalue weighted by atomic mass is 32.2. The Bertz CT molecular complexity index is 1010. The minimum atomic E-state index is -1.02. The minimum absolute atomic E-state index is 0.0130. The van der Waals surface area contributed by atoms with Crippen molar-refractivity contribution < 1.29 is 13.8 Å². The molecule has 2 unspecified atom stereocenters. The van der Waals surface area contributed by atoms with Crippen molar-refractivity contribution in [2.45, 2.75) is 31.6 Å². The third-order valence-corrected chi connectivity index (χ3v) is 6.36. The highest BCUT2D eigenvalue weighted by molar-refractivity contribution is 7.84. The Labute approximate surface area is 179 Å². The molecule has 2 atom stereocenters. The maximum Gasteiger partial charge on any atom is 0.253 e. The van der Waals surface area contributed by atoms with Gasteiger partial charge < -0.3 is 5.32 Å². The fourth-order valence-corrected chi connectivity index (χ4v) is 4.01. The number of benzene rings is 1. The SMILES string of the molecule is C/C=C(\C)CNC(=O)c1cnc2c(c1)CC(Cc1ccc(S(C)=O)cc1)C(=O)N2C. The van der Waals surface area contributed by atoms with Gasteiger partial charge in [-0.25, -0.2) is 4.98 Å². The standard InChI is InChI=1S/C23H27N3O3S/c1-5-15(2)13-25-22(27)19-12-17-11-18(23(28)26(3)21(17)24-14-19)10-16-6-8-20(9-7-16)30(4)29/h5-9,12,14,18H,10-11,13H2,1-4H3,(H,25,27)/b15-5+. The largest absolute Gasteiger partial charge is 0.348 e. The first-order chi connectivity index (χ1) is 14.3. The molecule has 0 bridgehead atoms. The number of rotatable bonds is 6. The Hall–Kier alpha value is -2.80. The first-order valence-electron chi connectivity index (χ1n) is 9.89. The summed E-state index contributed by atoms with van der Waals surface area (Å²) >= 11 is 0. The lowest BCUT2D eigenvalue weighted by molar-refractivity contribution is -0.122. The monoisotopic (exact) mass is 425 g/mol. The summed E-state index contributed by atoms with van der Waals surface area (Å²) in [5.41, 5.74) is 3.48. The van der Waals surface area contributed by atoms with Crippen LogP contribution in [0.2, 0.25) is 0 Å². The molecular formula is C23H27N3O3S. The number of allylic oxidation sites excluding steroid dienone is 1. The minimum Gasteiger partial charge on any atom is -0.348 e. The topological polar surface area (TPSA) is 79.4 Å². The number of pyridine rings is 1. The maximum atomic E-state index is 12.8. The van der Waals surface area contributed by atoms with Gasteiger partial charge in [0.15, 0.2) is 0 Å². The van der Waals surface area contributed by atoms with Crippen LogP contribution >= 0.6 is 0 Å². The lowest BCUT2D eigenvalue weighted by Crippen LogP contribution is -2.40. The Kier molecular flexibility index (Phi) is 6.82. The van der Waals surface area contributed by atoms with E-state index in [1.807, 2.05) is 50.3 Å². The summed E-state index contributed by atoms with van der Waals surface area (Å²) in [6, 6.07) is 9.36. The summed E-state index contributed by atoms with van der Waals surface area (Å²) < 4.78 is 11.6. The van der Waals surface area contributed by atoms with Crippen LogP contribution < -0.4 is 10.2 Å². The first kappa shape index (κ1) is 21.9. The molecule has 3 rings (SSSR count). The Morgan fingerprint density at radius 3 is 2.67 bits per heavy atom. The van der Waals surface area contributed by atoms with E-state index in [2.05, 4.69) is 10.3 Å². The number of carbonyl (C=O) groups is 2. The molecule has 6 nitrogen and oxygen atoms in total. The van der Waals surface area contributed by atoms with Crippen LogP contribution in [0, 0.1) is 5.92 Å². The van der Waals surface area contributed by atoms with Crippen molar-refractivity contribution in [3.05, 3.63) is 64.9 Å². The van der Waals surface area contributed by atoms with Gasteiger partial charge in [-0.15, -0.1) is 0 Å². The molecule has 158 valence electrons. The summed E-state index contributed by atoms with van der Waals surface area (Å²) in [5, 5.41) is 2.89. The van der Waals surface area contributed by atoms with Crippen LogP contribution in [0.25, 0.3) is 0 Å². The van der Waals surface area contributed by atoms with Crippen molar-refractivity contribution in [2.24, 2.45) is 5.92 Å². The fraction of sp³-hybridized carbons (Fsp3) is 0.348. The summed E-state index contributed by atoms with van der Waals surface area (Å²) in [6.45, 7) is 4.39. The molecule has 2 amide bonds. The zero-order chi connectivity index (χ0) is 21.8. The van der Waals surface area contributed by atoms with Gasteiger partial charge in [0.1, 0.15) is 5.82 Å². The van der Waals surface area contributed by atoms with Crippen LogP contribution in [0.1, 0.15) is 35.3 Å². The number of carbonyl (C=O) groups excluding carboxylic acids is 2. The molecule has 0 radical (unpaired) electrons. The smallest absolute Gasteiger partial charge is 0.253 e. The number of fused-ring (bicyclic) bond motifs is 1. The van der Waals surface area contributed by atoms with Crippen LogP contribution in [-0.4, -0.2) is 40.9 Å². The van der Waals surface area contributed by atoms with E-state index in [1.54, 1.807) is 18.2 Å². The third-order valence-electron chi connectivity index (χ3n) is 5.43. The van der Waals surface area contributed by atoms with Gasteiger partial charge in [-0.1, -0.05) is 23.8 Å². The molecule has 0 aliphatic carbocycles. The lowest BCUT2D eigenvalue weighted by atomic mass is 9.88. The molecule has 1 aromatic heterocycles. The fourth-order valence-electron chi connectivity index (χ4n) is 3.50. The van der Waals surface area contributed by atoms with Gasteiger partial charge in [-0.3, -0.25) is 18.7 Å². The van der Waals surface area contributed by atoms with Crippen molar-refractivity contribution in [3.8, 4) is 0 Å². The van der Waals surface area contributed by atoms with Gasteiger partial charge in [0, 0.05) is 47.7 Å². The van der Waals surface area contributed by atoms with Crippen molar-refractivity contribution in [2.75, 3.05) is 24.7 Å². The second-order valence-electron chi connectivity index (χ2n) is 7.62. The molecule has 0 fully saturated rings. The van der Waals surface area contributed by atoms with E-state index in [1.165, 1.54) is 6.20 Å². The second kappa shape index (κ2) is 9.34. The molecule has 2 aromatic rings. The van der Waals surface area contributed by atoms with E-state index >= 15 is 0 Å². The normalized spacial score (nSPS) is 17.5. The van der Waals surface area contributed by atoms with Crippen LogP contribution in [0.5, 0.6) is 0 Å². The molecule has 0 spiro atoms. The molecular weight excluding hydrogens is 398 g/mol. The van der Waals surface area contributed by atoms with Crippen LogP contribution in [-0.2, 0) is 28.4 Å². The highest BCUT2D eigenvalue weighted by Crippen LogP contribution is 2.30. The molecule has 0 saturated carbocycles. The summed E-state index contributed by atoms with van der Waals surface area (Å²) in [7, 11) is 0.697. The number of amides is 2. The molecule has 1 aromatic carbocycles. The average molecular weight is 426 g/mol. The number of hydrogen-bond donors (Lipinski definition) is 1. The van der Waals surface area contributed by atoms with Crippen LogP contribution in [0.15, 0.2) is 53.1 Å². The van der Waals surface area contributed by atoms with Crippen molar-refractivity contribution in [1.82, 2.24) is 10.3 Å². The number of nitrogens with one attached hydrogen (secondary N) is 1. The van der Waals surface area contributed by atoms with Gasteiger partial charge >= 0.3 is 0 Å². The Morgan fingerprint density at radius 2 is 2.03 bits per heavy atom. The highest BCUT2D eigenvalue weighted by Gasteiger charge is 2.32. The zero-order valence-electron chi connectivity index (χ0n) is 17.8. The van der Waals surface area contributed by atoms with Crippen molar-refractivity contribution in [1.29, 1.82) is 0 Å². The van der Waals surface area contributed by atoms with E-state index < -0.39 is 10.8 Å². The summed E-state index contributed by atoms with van der Waals surface area (Å²) in [4.78, 5) is 32.1. The average Bonchev–Trinajstić information content (AvgIpc) is 2.75. The quantitative estimate of drug-likeness (QED) is 0.722. The van der Waals surface area contributed by atoms with Gasteiger partial charge in [-0.2, -0.15) is 0 Å². The van der Waals surface area contributed by atoms with E-state index in [9.17, 15) is 13.8 Å². The molecule has 1 aliphatic heterocycles. The molecule has 1 aliphatic rings. The van der Waals surface area contributed by atoms with Gasteiger partial charge in [0.05, 0.1) is 5.56 Å². The molecule has 30 heavy (non-hydrogen) atoms. The van der Waals surface area contributed by atoms with Gasteiger partial charge in [0.25, 0.3) is 5.91 Å². The van der Waals surface area contributed by atoms with E-state index in [0.29, 0.717) is 30.8 Å². The molecule has 0 saturated heterocycles. The van der Waals surface area contributed by atoms with Crippen molar-refractivity contribution in [3.63, 3.8) is 0 Å². The number of aromatic nitrogens is 1. The number of hydrogen-bond acceptors (Lipinski definition) is 4. The van der Waals surface area contributed by atoms with E-state index in [-0.39, 0.29) is 17.7 Å². The number of nitrogens with zero attached hydrogens (tertiary/aromatic N) is 2. The summed E-state index contributed by atoms with van der Waals surface area (Å²) in [6.07, 6.45) is 6.23. The number of anilines is 1. The van der Waals surface area contributed by atoms with Crippen LogP contribution in [0.4, 0.5) is 5.82 Å². The van der Waals surface area contributed by atoms with Crippen molar-refractivity contribution >= 4 is 28.4 Å². The van der Waals surface area contributed by atoms with E-state index in [4.69, 9.17) is 0 Å². The van der Waals surface area contributed by atoms with Gasteiger partial charge in [0.2, 0.25) is 5.91 Å². The second-order valence-corrected chi connectivity index (χ2v) is 9.00.